The van der Waals surface area contributed by atoms with E-state index in [9.17, 15) is 4.79 Å². The van der Waals surface area contributed by atoms with Gasteiger partial charge < -0.3 is 9.26 Å². The third-order valence-corrected chi connectivity index (χ3v) is 1.93. The second kappa shape index (κ2) is 4.57. The standard InChI is InChI=1S/C11H10N2O3/c1-8-12-11(13-16-8)7-15-10-4-2-3-9(5-10)6-14/h2-6H,7H2,1H3. The van der Waals surface area contributed by atoms with Crippen molar-refractivity contribution in [3.8, 4) is 5.75 Å². The highest BCUT2D eigenvalue weighted by Crippen LogP contribution is 2.13. The Morgan fingerprint density at radius 3 is 3.06 bits per heavy atom. The molecule has 0 bridgehead atoms. The van der Waals surface area contributed by atoms with Crippen LogP contribution in [0.4, 0.5) is 0 Å². The number of nitrogens with zero attached hydrogens (tertiary/aromatic N) is 2. The first-order chi connectivity index (χ1) is 7.78. The Bertz CT molecular complexity index is 493. The van der Waals surface area contributed by atoms with Crippen molar-refractivity contribution in [2.75, 3.05) is 0 Å². The van der Waals surface area contributed by atoms with Gasteiger partial charge in [-0.3, -0.25) is 4.79 Å². The average molecular weight is 218 g/mol. The smallest absolute Gasteiger partial charge is 0.223 e. The minimum absolute atomic E-state index is 0.222. The quantitative estimate of drug-likeness (QED) is 0.731. The summed E-state index contributed by atoms with van der Waals surface area (Å²) in [5.74, 6) is 1.58. The predicted octanol–water partition coefficient (Wildman–Crippen LogP) is 1.77. The zero-order valence-electron chi connectivity index (χ0n) is 8.71. The van der Waals surface area contributed by atoms with Crippen LogP contribution in [0.1, 0.15) is 22.1 Å². The first-order valence-electron chi connectivity index (χ1n) is 4.75. The summed E-state index contributed by atoms with van der Waals surface area (Å²) in [5.41, 5.74) is 0.571. The number of benzene rings is 1. The summed E-state index contributed by atoms with van der Waals surface area (Å²) < 4.78 is 10.2. The van der Waals surface area contributed by atoms with Crippen molar-refractivity contribution in [2.24, 2.45) is 0 Å². The summed E-state index contributed by atoms with van der Waals surface area (Å²) in [7, 11) is 0. The molecule has 1 aromatic heterocycles. The Kier molecular flexibility index (Phi) is 2.95. The van der Waals surface area contributed by atoms with E-state index >= 15 is 0 Å². The van der Waals surface area contributed by atoms with Crippen molar-refractivity contribution in [1.82, 2.24) is 10.1 Å². The lowest BCUT2D eigenvalue weighted by molar-refractivity contribution is 0.112. The van der Waals surface area contributed by atoms with Crippen LogP contribution in [0, 0.1) is 6.92 Å². The van der Waals surface area contributed by atoms with E-state index in [1.54, 1.807) is 31.2 Å². The van der Waals surface area contributed by atoms with Crippen molar-refractivity contribution in [3.05, 3.63) is 41.5 Å². The zero-order valence-corrected chi connectivity index (χ0v) is 8.71. The fourth-order valence-corrected chi connectivity index (χ4v) is 1.23. The summed E-state index contributed by atoms with van der Waals surface area (Å²) >= 11 is 0. The SMILES string of the molecule is Cc1nc(COc2cccc(C=O)c2)no1. The van der Waals surface area contributed by atoms with Gasteiger partial charge in [-0.2, -0.15) is 4.98 Å². The van der Waals surface area contributed by atoms with Crippen LogP contribution >= 0.6 is 0 Å². The summed E-state index contributed by atoms with van der Waals surface area (Å²) in [6.45, 7) is 1.93. The molecule has 16 heavy (non-hydrogen) atoms. The van der Waals surface area contributed by atoms with Gasteiger partial charge in [-0.25, -0.2) is 0 Å². The molecular weight excluding hydrogens is 208 g/mol. The molecule has 0 atom stereocenters. The van der Waals surface area contributed by atoms with Crippen LogP contribution in [-0.4, -0.2) is 16.4 Å². The maximum absolute atomic E-state index is 10.5. The zero-order chi connectivity index (χ0) is 11.4. The van der Waals surface area contributed by atoms with Crippen LogP contribution in [-0.2, 0) is 6.61 Å². The molecule has 0 N–H and O–H groups in total. The van der Waals surface area contributed by atoms with E-state index in [1.807, 2.05) is 0 Å². The molecule has 0 saturated heterocycles. The van der Waals surface area contributed by atoms with Gasteiger partial charge in [0.2, 0.25) is 11.7 Å². The van der Waals surface area contributed by atoms with E-state index in [2.05, 4.69) is 10.1 Å². The molecule has 0 aliphatic rings. The maximum Gasteiger partial charge on any atom is 0.223 e. The molecule has 0 aliphatic carbocycles. The average Bonchev–Trinajstić information content (AvgIpc) is 2.73. The van der Waals surface area contributed by atoms with Gasteiger partial charge in [-0.15, -0.1) is 0 Å². The lowest BCUT2D eigenvalue weighted by Crippen LogP contribution is -1.97. The molecule has 0 saturated carbocycles. The number of aryl methyl sites for hydroxylation is 1. The number of carbonyl (C=O) groups excluding carboxylic acids is 1. The Labute approximate surface area is 92.0 Å². The molecule has 1 heterocycles. The van der Waals surface area contributed by atoms with Crippen LogP contribution < -0.4 is 4.74 Å². The third-order valence-electron chi connectivity index (χ3n) is 1.93. The number of ether oxygens (including phenoxy) is 1. The van der Waals surface area contributed by atoms with Crippen molar-refractivity contribution >= 4 is 6.29 Å². The van der Waals surface area contributed by atoms with Crippen molar-refractivity contribution in [1.29, 1.82) is 0 Å². The van der Waals surface area contributed by atoms with Crippen molar-refractivity contribution in [2.45, 2.75) is 13.5 Å². The second-order valence-corrected chi connectivity index (χ2v) is 3.21. The molecule has 0 amide bonds. The van der Waals surface area contributed by atoms with Crippen LogP contribution in [0.15, 0.2) is 28.8 Å². The second-order valence-electron chi connectivity index (χ2n) is 3.21. The first-order valence-corrected chi connectivity index (χ1v) is 4.75. The fraction of sp³-hybridized carbons (Fsp3) is 0.182. The number of aldehydes is 1. The Balaban J connectivity index is 2.01. The molecule has 0 unspecified atom stereocenters. The highest BCUT2D eigenvalue weighted by Gasteiger charge is 2.03. The number of aromatic nitrogens is 2. The topological polar surface area (TPSA) is 65.2 Å². The molecule has 2 rings (SSSR count). The molecular formula is C11H10N2O3. The van der Waals surface area contributed by atoms with Gasteiger partial charge in [0.25, 0.3) is 0 Å². The Hall–Kier alpha value is -2.17. The molecule has 0 radical (unpaired) electrons. The Morgan fingerprint density at radius 2 is 2.38 bits per heavy atom. The van der Waals surface area contributed by atoms with E-state index in [-0.39, 0.29) is 6.61 Å². The predicted molar refractivity (Wildman–Crippen MR) is 55.2 cm³/mol. The maximum atomic E-state index is 10.5. The van der Waals surface area contributed by atoms with Gasteiger partial charge in [0, 0.05) is 12.5 Å². The monoisotopic (exact) mass is 218 g/mol. The van der Waals surface area contributed by atoms with Gasteiger partial charge in [-0.1, -0.05) is 17.3 Å². The summed E-state index contributed by atoms with van der Waals surface area (Å²) in [6, 6.07) is 6.87. The summed E-state index contributed by atoms with van der Waals surface area (Å²) in [5, 5.41) is 3.69. The lowest BCUT2D eigenvalue weighted by atomic mass is 10.2. The van der Waals surface area contributed by atoms with Gasteiger partial charge in [0.05, 0.1) is 0 Å². The number of hydrogen-bond acceptors (Lipinski definition) is 5. The van der Waals surface area contributed by atoms with Gasteiger partial charge in [0.1, 0.15) is 12.0 Å². The first kappa shape index (κ1) is 10.4. The minimum Gasteiger partial charge on any atom is -0.485 e. The highest BCUT2D eigenvalue weighted by molar-refractivity contribution is 5.75. The molecule has 5 heteroatoms. The molecule has 0 fully saturated rings. The van der Waals surface area contributed by atoms with Gasteiger partial charge >= 0.3 is 0 Å². The van der Waals surface area contributed by atoms with Crippen LogP contribution in [0.5, 0.6) is 5.75 Å². The van der Waals surface area contributed by atoms with E-state index in [0.29, 0.717) is 23.0 Å². The fourth-order valence-electron chi connectivity index (χ4n) is 1.23. The molecule has 82 valence electrons. The van der Waals surface area contributed by atoms with Gasteiger partial charge in [-0.05, 0) is 12.1 Å². The largest absolute Gasteiger partial charge is 0.485 e. The molecule has 0 aliphatic heterocycles. The lowest BCUT2D eigenvalue weighted by Gasteiger charge is -2.02. The number of carbonyl (C=O) groups is 1. The van der Waals surface area contributed by atoms with Crippen LogP contribution in [0.2, 0.25) is 0 Å². The molecule has 1 aromatic carbocycles. The Morgan fingerprint density at radius 1 is 1.50 bits per heavy atom. The molecule has 5 nitrogen and oxygen atoms in total. The highest BCUT2D eigenvalue weighted by atomic mass is 16.5. The van der Waals surface area contributed by atoms with Crippen LogP contribution in [0.3, 0.4) is 0 Å². The summed E-state index contributed by atoms with van der Waals surface area (Å²) in [6.07, 6.45) is 0.769. The molecule has 2 aromatic rings. The third kappa shape index (κ3) is 2.44. The minimum atomic E-state index is 0.222. The number of hydrogen-bond donors (Lipinski definition) is 0. The van der Waals surface area contributed by atoms with Crippen molar-refractivity contribution in [3.63, 3.8) is 0 Å². The van der Waals surface area contributed by atoms with E-state index in [4.69, 9.17) is 9.26 Å². The molecule has 0 spiro atoms. The van der Waals surface area contributed by atoms with Crippen molar-refractivity contribution < 1.29 is 14.1 Å². The number of rotatable bonds is 4. The summed E-state index contributed by atoms with van der Waals surface area (Å²) in [4.78, 5) is 14.5. The normalized spacial score (nSPS) is 10.1. The van der Waals surface area contributed by atoms with Gasteiger partial charge in [0.15, 0.2) is 6.61 Å². The van der Waals surface area contributed by atoms with E-state index in [1.165, 1.54) is 0 Å². The van der Waals surface area contributed by atoms with E-state index < -0.39 is 0 Å². The van der Waals surface area contributed by atoms with Crippen LogP contribution in [0.25, 0.3) is 0 Å². The van der Waals surface area contributed by atoms with E-state index in [0.717, 1.165) is 6.29 Å².